The summed E-state index contributed by atoms with van der Waals surface area (Å²) < 4.78 is 159. The molecule has 10 nitrogen and oxygen atoms in total. The maximum Gasteiger partial charge on any atom is 0.391 e. The first-order valence-corrected chi connectivity index (χ1v) is 24.8. The van der Waals surface area contributed by atoms with Crippen molar-refractivity contribution in [2.45, 2.75) is 96.3 Å². The normalized spacial score (nSPS) is 22.6. The minimum Gasteiger partial charge on any atom is -0.379 e. The Morgan fingerprint density at radius 1 is 0.645 bits per heavy atom. The van der Waals surface area contributed by atoms with Gasteiger partial charge in [-0.15, -0.1) is 22.7 Å². The first-order valence-electron chi connectivity index (χ1n) is 19.0. The highest BCUT2D eigenvalue weighted by atomic mass is 35.5. The van der Waals surface area contributed by atoms with Crippen molar-refractivity contribution >= 4 is 76.9 Å². The molecule has 0 radical (unpaired) electrons. The van der Waals surface area contributed by atoms with Crippen LogP contribution in [-0.4, -0.2) is 101 Å². The van der Waals surface area contributed by atoms with Crippen molar-refractivity contribution in [1.29, 1.82) is 0 Å². The van der Waals surface area contributed by atoms with Gasteiger partial charge in [0.05, 0.1) is 33.3 Å². The van der Waals surface area contributed by atoms with E-state index in [0.717, 1.165) is 46.9 Å². The van der Waals surface area contributed by atoms with Gasteiger partial charge in [0.2, 0.25) is 0 Å². The number of rotatable bonds is 12. The summed E-state index contributed by atoms with van der Waals surface area (Å²) >= 11 is 14.7. The van der Waals surface area contributed by atoms with Gasteiger partial charge in [0.25, 0.3) is 0 Å². The first-order chi connectivity index (χ1) is 28.8. The van der Waals surface area contributed by atoms with Gasteiger partial charge in [0, 0.05) is 47.3 Å². The van der Waals surface area contributed by atoms with Crippen LogP contribution in [0, 0.1) is 23.5 Å². The molecule has 0 spiro atoms. The number of hydrogen-bond acceptors (Lipinski definition) is 12. The molecule has 2 saturated carbocycles. The maximum atomic E-state index is 14.7. The molecule has 62 heavy (non-hydrogen) atoms. The van der Waals surface area contributed by atoms with Gasteiger partial charge < -0.3 is 20.4 Å². The lowest BCUT2D eigenvalue weighted by molar-refractivity contribution is -0.185. The van der Waals surface area contributed by atoms with Crippen molar-refractivity contribution in [1.82, 2.24) is 19.8 Å². The molecule has 2 aliphatic carbocycles. The summed E-state index contributed by atoms with van der Waals surface area (Å²) in [4.78, 5) is 10.3. The zero-order chi connectivity index (χ0) is 45.9. The number of nitrogens with one attached hydrogen (secondary N) is 2. The third-order valence-corrected chi connectivity index (χ3v) is 16.7. The molecule has 0 saturated heterocycles. The lowest BCUT2D eigenvalue weighted by Gasteiger charge is -2.41. The summed E-state index contributed by atoms with van der Waals surface area (Å²) in [7, 11) is -0.999. The Morgan fingerprint density at radius 3 is 1.29 bits per heavy atom. The first kappa shape index (κ1) is 50.1. The number of thiazole rings is 2. The van der Waals surface area contributed by atoms with E-state index in [2.05, 4.69) is 20.6 Å². The van der Waals surface area contributed by atoms with Gasteiger partial charge in [0.1, 0.15) is 42.9 Å². The molecule has 344 valence electrons. The van der Waals surface area contributed by atoms with Crippen LogP contribution in [0.25, 0.3) is 0 Å². The number of nitrogens with zero attached hydrogens (tertiary/aromatic N) is 4. The average molecular weight is 1000 g/mol. The average Bonchev–Trinajstić information content (AvgIpc) is 3.88. The van der Waals surface area contributed by atoms with E-state index in [-0.39, 0.29) is 59.2 Å². The molecule has 2 aliphatic rings. The molecule has 6 atom stereocenters. The van der Waals surface area contributed by atoms with Crippen LogP contribution in [0.3, 0.4) is 0 Å². The molecular weight excluding hydrogens is 956 g/mol. The number of benzene rings is 2. The van der Waals surface area contributed by atoms with E-state index in [1.807, 2.05) is 9.80 Å². The Labute approximate surface area is 372 Å². The zero-order valence-corrected chi connectivity index (χ0v) is 38.4. The van der Waals surface area contributed by atoms with E-state index in [1.54, 1.807) is 39.0 Å². The number of alkyl halides is 6. The Bertz CT molecular complexity index is 2190. The Hall–Kier alpha value is -2.86. The van der Waals surface area contributed by atoms with Crippen LogP contribution in [0.1, 0.15) is 48.5 Å². The highest BCUT2D eigenvalue weighted by molar-refractivity contribution is 7.91. The van der Waals surface area contributed by atoms with Gasteiger partial charge in [-0.1, -0.05) is 23.2 Å². The largest absolute Gasteiger partial charge is 0.391 e. The Balaban J connectivity index is 0.000000234. The summed E-state index contributed by atoms with van der Waals surface area (Å²) in [5.41, 5.74) is 0.124. The molecular formula is C38H44Cl2F8N6O4S4. The van der Waals surface area contributed by atoms with Crippen LogP contribution < -0.4 is 10.6 Å². The molecule has 6 rings (SSSR count). The molecule has 2 N–H and O–H groups in total. The van der Waals surface area contributed by atoms with E-state index in [4.69, 9.17) is 23.2 Å². The van der Waals surface area contributed by atoms with Crippen LogP contribution in [-0.2, 0) is 31.2 Å². The van der Waals surface area contributed by atoms with Crippen LogP contribution in [0.5, 0.6) is 0 Å². The second-order valence-corrected chi connectivity index (χ2v) is 22.3. The van der Waals surface area contributed by atoms with Gasteiger partial charge in [0.15, 0.2) is 19.7 Å². The van der Waals surface area contributed by atoms with Crippen molar-refractivity contribution in [2.24, 2.45) is 11.8 Å². The predicted octanol–water partition coefficient (Wildman–Crippen LogP) is 9.97. The number of likely N-dealkylation sites (N-methyl/N-ethyl adjacent to an activating group) is 2. The standard InChI is InChI=1S/2C19H22ClF4N3O2S2/c2*1-27(2)16-4-3-11(19(22,23)24)7-15(16)26-14-9-13(21)17(8-12(14)20)31(28,29)10-18-25-5-6-30-18/h2*5-6,8-9,11,15-16,26H,3-4,7,10H2,1-2H3/t11-,15+,16+;11-,15-,16-/m10/s1. The number of sulfone groups is 2. The van der Waals surface area contributed by atoms with Crippen molar-refractivity contribution < 1.29 is 52.0 Å². The molecule has 24 heteroatoms. The maximum absolute atomic E-state index is 14.7. The van der Waals surface area contributed by atoms with Gasteiger partial charge in [-0.05, 0) is 91.0 Å². The predicted molar refractivity (Wildman–Crippen MR) is 225 cm³/mol. The highest BCUT2D eigenvalue weighted by Crippen LogP contribution is 2.42. The van der Waals surface area contributed by atoms with Crippen LogP contribution in [0.4, 0.5) is 46.5 Å². The molecule has 0 unspecified atom stereocenters. The monoisotopic (exact) mass is 998 g/mol. The minimum absolute atomic E-state index is 0.0144. The Morgan fingerprint density at radius 2 is 1.00 bits per heavy atom. The van der Waals surface area contributed by atoms with Crippen molar-refractivity contribution in [3.8, 4) is 0 Å². The van der Waals surface area contributed by atoms with E-state index in [9.17, 15) is 52.0 Å². The summed E-state index contributed by atoms with van der Waals surface area (Å²) in [6.45, 7) is 0. The summed E-state index contributed by atoms with van der Waals surface area (Å²) in [6, 6.07) is 2.16. The fourth-order valence-corrected chi connectivity index (χ4v) is 13.0. The smallest absolute Gasteiger partial charge is 0.379 e. The lowest BCUT2D eigenvalue weighted by Crippen LogP contribution is -2.49. The van der Waals surface area contributed by atoms with Crippen LogP contribution >= 0.6 is 45.9 Å². The third kappa shape index (κ3) is 12.7. The topological polar surface area (TPSA) is 125 Å². The molecule has 2 fully saturated rings. The molecule has 2 heterocycles. The van der Waals surface area contributed by atoms with Crippen molar-refractivity contribution in [2.75, 3.05) is 38.8 Å². The Kier molecular flexibility index (Phi) is 16.3. The molecule has 0 bridgehead atoms. The van der Waals surface area contributed by atoms with Gasteiger partial charge >= 0.3 is 12.4 Å². The fraction of sp³-hybridized carbons (Fsp3) is 0.526. The summed E-state index contributed by atoms with van der Waals surface area (Å²) in [6.07, 6.45) is -5.45. The van der Waals surface area contributed by atoms with Crippen LogP contribution in [0.2, 0.25) is 10.0 Å². The van der Waals surface area contributed by atoms with Gasteiger partial charge in [-0.2, -0.15) is 26.3 Å². The molecule has 4 aromatic rings. The zero-order valence-electron chi connectivity index (χ0n) is 33.6. The second kappa shape index (κ2) is 20.1. The highest BCUT2D eigenvalue weighted by Gasteiger charge is 2.47. The molecule has 2 aromatic heterocycles. The van der Waals surface area contributed by atoms with Gasteiger partial charge in [-0.3, -0.25) is 0 Å². The van der Waals surface area contributed by atoms with E-state index in [0.29, 0.717) is 22.9 Å². The number of aromatic nitrogens is 2. The van der Waals surface area contributed by atoms with Gasteiger partial charge in [-0.25, -0.2) is 35.6 Å². The van der Waals surface area contributed by atoms with E-state index in [1.165, 1.54) is 12.4 Å². The lowest BCUT2D eigenvalue weighted by atomic mass is 9.81. The van der Waals surface area contributed by atoms with Crippen molar-refractivity contribution in [3.63, 3.8) is 0 Å². The number of halogens is 10. The second-order valence-electron chi connectivity index (χ2n) is 15.6. The minimum atomic E-state index is -4.32. The van der Waals surface area contributed by atoms with Crippen LogP contribution in [0.15, 0.2) is 57.2 Å². The third-order valence-electron chi connectivity index (χ3n) is 10.9. The van der Waals surface area contributed by atoms with Crippen molar-refractivity contribution in [3.05, 3.63) is 79.1 Å². The van der Waals surface area contributed by atoms with E-state index < -0.39 is 88.9 Å². The molecule has 0 aliphatic heterocycles. The molecule has 0 amide bonds. The fourth-order valence-electron chi connectivity index (χ4n) is 7.73. The van der Waals surface area contributed by atoms with E-state index >= 15 is 0 Å². The number of hydrogen-bond donors (Lipinski definition) is 2. The summed E-state index contributed by atoms with van der Waals surface area (Å²) in [5.74, 6) is -5.92. The number of anilines is 2. The summed E-state index contributed by atoms with van der Waals surface area (Å²) in [5, 5.41) is 9.55. The quantitative estimate of drug-likeness (QED) is 0.133. The SMILES string of the molecule is CN(C)[C@H]1CC[C@@H](C(F)(F)F)C[C@@H]1Nc1cc(F)c(S(=O)(=O)Cc2nccs2)cc1Cl.CN(C)[C@H]1CC[C@H](C(F)(F)F)C[C@@H]1Nc1cc(F)c(S(=O)(=O)Cc2nccs2)cc1Cl. The molecule has 2 aromatic carbocycles.